The van der Waals surface area contributed by atoms with Crippen LogP contribution in [0.2, 0.25) is 0 Å². The molecule has 0 atom stereocenters. The second kappa shape index (κ2) is 7.93. The maximum Gasteiger partial charge on any atom is 0.182 e. The minimum atomic E-state index is -3.46. The number of fused-ring (bicyclic) bond motifs is 5. The first-order valence-electron chi connectivity index (χ1n) is 10.6. The minimum absolute atomic E-state index is 0.0738. The van der Waals surface area contributed by atoms with E-state index in [2.05, 4.69) is 30.3 Å². The molecule has 2 aliphatic carbocycles. The van der Waals surface area contributed by atoms with Crippen LogP contribution >= 0.6 is 0 Å². The van der Waals surface area contributed by atoms with Gasteiger partial charge in [0, 0.05) is 0 Å². The van der Waals surface area contributed by atoms with Crippen LogP contribution in [0.5, 0.6) is 0 Å². The number of halogens is 1. The largest absolute Gasteiger partial charge is 0.223 e. The lowest BCUT2D eigenvalue weighted by molar-refractivity contribution is 0.608. The first-order valence-corrected chi connectivity index (χ1v) is 12.3. The molecule has 0 aromatic heterocycles. The number of hydrogen-bond acceptors (Lipinski definition) is 2. The summed E-state index contributed by atoms with van der Waals surface area (Å²) in [6, 6.07) is 18.6. The van der Waals surface area contributed by atoms with E-state index in [4.69, 9.17) is 0 Å². The van der Waals surface area contributed by atoms with E-state index in [1.54, 1.807) is 24.3 Å². The Kier molecular flexibility index (Phi) is 5.11. The fraction of sp³-hybridized carbons (Fsp3) is 0.185. The Balaban J connectivity index is 1.46. The molecule has 0 N–H and O–H groups in total. The van der Waals surface area contributed by atoms with Crippen LogP contribution in [0.3, 0.4) is 0 Å². The van der Waals surface area contributed by atoms with Crippen LogP contribution in [0, 0.1) is 5.82 Å². The van der Waals surface area contributed by atoms with Gasteiger partial charge in [-0.1, -0.05) is 66.8 Å². The summed E-state index contributed by atoms with van der Waals surface area (Å²) in [5, 5.41) is 0. The van der Waals surface area contributed by atoms with E-state index in [-0.39, 0.29) is 11.6 Å². The maximum absolute atomic E-state index is 13.2. The van der Waals surface area contributed by atoms with Crippen molar-refractivity contribution < 1.29 is 12.8 Å². The third-order valence-electron chi connectivity index (χ3n) is 6.20. The number of allylic oxidation sites excluding steroid dienone is 1. The van der Waals surface area contributed by atoms with Gasteiger partial charge in [-0.15, -0.1) is 0 Å². The van der Waals surface area contributed by atoms with Crippen molar-refractivity contribution in [1.82, 2.24) is 0 Å². The Morgan fingerprint density at radius 2 is 1.55 bits per heavy atom. The predicted octanol–water partition coefficient (Wildman–Crippen LogP) is 6.01. The highest BCUT2D eigenvalue weighted by Crippen LogP contribution is 2.41. The molecule has 0 saturated heterocycles. The molecule has 5 rings (SSSR count). The molecule has 0 amide bonds. The number of benzene rings is 3. The van der Waals surface area contributed by atoms with Crippen molar-refractivity contribution in [3.8, 4) is 11.1 Å². The first-order chi connectivity index (χ1) is 15.0. The number of aryl methyl sites for hydroxylation is 1. The maximum atomic E-state index is 13.2. The smallest absolute Gasteiger partial charge is 0.182 e. The highest BCUT2D eigenvalue weighted by Gasteiger charge is 2.27. The molecule has 0 unspecified atom stereocenters. The summed E-state index contributed by atoms with van der Waals surface area (Å²) in [5.74, 6) is -0.380. The lowest BCUT2D eigenvalue weighted by Crippen LogP contribution is -2.15. The van der Waals surface area contributed by atoms with Crippen LogP contribution in [0.15, 0.2) is 72.8 Å². The second-order valence-corrected chi connectivity index (χ2v) is 10.1. The zero-order chi connectivity index (χ0) is 21.4. The van der Waals surface area contributed by atoms with Crippen molar-refractivity contribution in [2.75, 3.05) is 5.75 Å². The minimum Gasteiger partial charge on any atom is -0.223 e. The quantitative estimate of drug-likeness (QED) is 0.508. The molecule has 3 aromatic rings. The van der Waals surface area contributed by atoms with Gasteiger partial charge in [-0.05, 0) is 76.8 Å². The Morgan fingerprint density at radius 3 is 2.39 bits per heavy atom. The summed E-state index contributed by atoms with van der Waals surface area (Å²) in [6.45, 7) is 0. The van der Waals surface area contributed by atoms with E-state index in [0.29, 0.717) is 4.91 Å². The molecule has 2 nitrogen and oxygen atoms in total. The molecule has 0 aliphatic heterocycles. The molecule has 0 saturated carbocycles. The fourth-order valence-corrected chi connectivity index (χ4v) is 6.16. The summed E-state index contributed by atoms with van der Waals surface area (Å²) in [5.41, 5.74) is 8.01. The van der Waals surface area contributed by atoms with Crippen molar-refractivity contribution in [2.45, 2.75) is 25.7 Å². The highest BCUT2D eigenvalue weighted by molar-refractivity contribution is 8.00. The van der Waals surface area contributed by atoms with E-state index >= 15 is 0 Å². The molecule has 0 bridgehead atoms. The van der Waals surface area contributed by atoms with E-state index < -0.39 is 9.84 Å². The highest BCUT2D eigenvalue weighted by atomic mass is 32.2. The van der Waals surface area contributed by atoms with Crippen LogP contribution in [0.1, 0.15) is 34.2 Å². The Morgan fingerprint density at radius 1 is 0.806 bits per heavy atom. The van der Waals surface area contributed by atoms with Gasteiger partial charge in [0.15, 0.2) is 9.84 Å². The topological polar surface area (TPSA) is 34.1 Å². The Bertz CT molecular complexity index is 1320. The summed E-state index contributed by atoms with van der Waals surface area (Å²) in [6.07, 6.45) is 8.80. The van der Waals surface area contributed by atoms with Crippen LogP contribution < -0.4 is 0 Å². The molecule has 2 aliphatic rings. The molecule has 3 aromatic carbocycles. The SMILES string of the molecule is O=S(=O)(CC=Cc1ccc(F)cc1)C1=CCCc2c1ccc1c2CCc2ccccc2-1. The summed E-state index contributed by atoms with van der Waals surface area (Å²) < 4.78 is 39.4. The number of sulfone groups is 1. The van der Waals surface area contributed by atoms with E-state index in [9.17, 15) is 12.8 Å². The Hall–Kier alpha value is -2.98. The fourth-order valence-electron chi connectivity index (χ4n) is 4.73. The van der Waals surface area contributed by atoms with Crippen LogP contribution in [0.25, 0.3) is 22.1 Å². The molecule has 0 fully saturated rings. The van der Waals surface area contributed by atoms with Crippen molar-refractivity contribution in [3.63, 3.8) is 0 Å². The van der Waals surface area contributed by atoms with Crippen LogP contribution in [-0.2, 0) is 29.1 Å². The Labute approximate surface area is 182 Å². The van der Waals surface area contributed by atoms with E-state index in [1.165, 1.54) is 39.9 Å². The van der Waals surface area contributed by atoms with E-state index in [0.717, 1.165) is 36.8 Å². The molecule has 0 radical (unpaired) electrons. The van der Waals surface area contributed by atoms with Crippen LogP contribution in [0.4, 0.5) is 4.39 Å². The van der Waals surface area contributed by atoms with Crippen LogP contribution in [-0.4, -0.2) is 14.2 Å². The third-order valence-corrected chi connectivity index (χ3v) is 7.89. The predicted molar refractivity (Wildman–Crippen MR) is 125 cm³/mol. The molecule has 0 spiro atoms. The molecule has 31 heavy (non-hydrogen) atoms. The lowest BCUT2D eigenvalue weighted by Gasteiger charge is -2.27. The normalized spacial score (nSPS) is 15.2. The monoisotopic (exact) mass is 430 g/mol. The van der Waals surface area contributed by atoms with E-state index in [1.807, 2.05) is 12.1 Å². The van der Waals surface area contributed by atoms with Gasteiger partial charge in [0.05, 0.1) is 10.7 Å². The molecule has 0 heterocycles. The third kappa shape index (κ3) is 3.77. The van der Waals surface area contributed by atoms with Crippen molar-refractivity contribution in [3.05, 3.63) is 106 Å². The van der Waals surface area contributed by atoms with Gasteiger partial charge in [0.25, 0.3) is 0 Å². The average molecular weight is 431 g/mol. The molecular weight excluding hydrogens is 407 g/mol. The summed E-state index contributed by atoms with van der Waals surface area (Å²) in [4.78, 5) is 0.444. The molecule has 4 heteroatoms. The number of hydrogen-bond donors (Lipinski definition) is 0. The van der Waals surface area contributed by atoms with Gasteiger partial charge in [0.2, 0.25) is 0 Å². The summed E-state index contributed by atoms with van der Waals surface area (Å²) in [7, 11) is -3.46. The van der Waals surface area contributed by atoms with Gasteiger partial charge in [-0.3, -0.25) is 0 Å². The van der Waals surface area contributed by atoms with Crippen molar-refractivity contribution >= 4 is 20.8 Å². The average Bonchev–Trinajstić information content (AvgIpc) is 2.79. The van der Waals surface area contributed by atoms with Gasteiger partial charge in [-0.2, -0.15) is 0 Å². The lowest BCUT2D eigenvalue weighted by atomic mass is 9.79. The van der Waals surface area contributed by atoms with Gasteiger partial charge >= 0.3 is 0 Å². The van der Waals surface area contributed by atoms with Gasteiger partial charge in [-0.25, -0.2) is 12.8 Å². The molecular formula is C27H23FO2S. The van der Waals surface area contributed by atoms with Gasteiger partial charge in [0.1, 0.15) is 5.82 Å². The zero-order valence-corrected chi connectivity index (χ0v) is 18.0. The van der Waals surface area contributed by atoms with Crippen molar-refractivity contribution in [1.29, 1.82) is 0 Å². The standard InChI is InChI=1S/C27H23FO2S/c28-21-13-10-19(11-14-21)5-4-18-31(29,30)27-9-3-8-23-25-15-12-20-6-1-2-7-22(20)24(25)16-17-26(23)27/h1-2,4-7,9-11,13-14,16-17H,3,8,12,15,18H2. The zero-order valence-electron chi connectivity index (χ0n) is 17.1. The van der Waals surface area contributed by atoms with Gasteiger partial charge < -0.3 is 0 Å². The number of rotatable bonds is 4. The molecule has 156 valence electrons. The van der Waals surface area contributed by atoms with Crippen molar-refractivity contribution in [2.24, 2.45) is 0 Å². The second-order valence-electron chi connectivity index (χ2n) is 8.12. The summed E-state index contributed by atoms with van der Waals surface area (Å²) >= 11 is 0. The first kappa shape index (κ1) is 20.0.